The highest BCUT2D eigenvalue weighted by atomic mass is 28.4. The smallest absolute Gasteiger partial charge is 0.504 e. The Morgan fingerprint density at radius 3 is 2.54 bits per heavy atom. The van der Waals surface area contributed by atoms with E-state index in [0.717, 1.165) is 0 Å². The average molecular weight is 384 g/mol. The molecule has 1 heterocycles. The van der Waals surface area contributed by atoms with Gasteiger partial charge in [0.2, 0.25) is 17.1 Å². The molecular weight excluding hydrogens is 358 g/mol. The molecule has 1 saturated heterocycles. The van der Waals surface area contributed by atoms with E-state index in [4.69, 9.17) is 14.6 Å². The van der Waals surface area contributed by atoms with Crippen molar-refractivity contribution in [3.63, 3.8) is 0 Å². The van der Waals surface area contributed by atoms with Crippen LogP contribution in [-0.4, -0.2) is 55.8 Å². The molecule has 1 aliphatic heterocycles. The Labute approximate surface area is 153 Å². The number of β-lactam (4-membered cyclic amide) rings is 1. The third-order valence-electron chi connectivity index (χ3n) is 3.87. The van der Waals surface area contributed by atoms with Crippen LogP contribution in [0.25, 0.3) is 4.98 Å². The van der Waals surface area contributed by atoms with Crippen LogP contribution in [0.4, 0.5) is 0 Å². The summed E-state index contributed by atoms with van der Waals surface area (Å²) in [5, 5.41) is 32.1. The molecule has 0 bridgehead atoms. The van der Waals surface area contributed by atoms with Gasteiger partial charge in [0, 0.05) is 6.61 Å². The number of nitrogens with zero attached hydrogens (tertiary/aromatic N) is 2. The van der Waals surface area contributed by atoms with Gasteiger partial charge in [-0.2, -0.15) is 0 Å². The molecule has 3 N–H and O–H groups in total. The fraction of sp³-hybridized carbons (Fsp3) is 0.625. The molecule has 1 rings (SSSR count). The van der Waals surface area contributed by atoms with Crippen LogP contribution in [0.5, 0.6) is 0 Å². The standard InChI is InChI=1S/C16H25N3O6Si/c1-6-7-24-16(23)13(19-17)14(21)10(8-25-26(3,4)5)12-11(9(2)20)15(22)18-12/h6,9-12,20H,1,7-8H2,2-5H3,(H-,18,21,22,23)/p+1/t9-,10-,11-,12-/m1/s1. The van der Waals surface area contributed by atoms with Gasteiger partial charge in [0.25, 0.3) is 0 Å². The van der Waals surface area contributed by atoms with Crippen LogP contribution in [-0.2, 0) is 18.8 Å². The van der Waals surface area contributed by atoms with E-state index in [2.05, 4.69) is 16.9 Å². The molecule has 1 aliphatic rings. The number of amides is 1. The summed E-state index contributed by atoms with van der Waals surface area (Å²) in [5.41, 5.74) is -0.679. The number of rotatable bonds is 9. The summed E-state index contributed by atoms with van der Waals surface area (Å²) in [6.07, 6.45) is 0.365. The van der Waals surface area contributed by atoms with Gasteiger partial charge >= 0.3 is 11.7 Å². The van der Waals surface area contributed by atoms with Crippen LogP contribution in [0.3, 0.4) is 0 Å². The van der Waals surface area contributed by atoms with E-state index < -0.39 is 49.7 Å². The van der Waals surface area contributed by atoms with Gasteiger partial charge in [-0.15, -0.1) is 0 Å². The first-order valence-electron chi connectivity index (χ1n) is 8.22. The second kappa shape index (κ2) is 8.93. The summed E-state index contributed by atoms with van der Waals surface area (Å²) in [6, 6.07) is -0.678. The number of diazo groups is 1. The monoisotopic (exact) mass is 384 g/mol. The lowest BCUT2D eigenvalue weighted by Gasteiger charge is -2.42. The van der Waals surface area contributed by atoms with Crippen LogP contribution in [0, 0.1) is 17.2 Å². The first-order chi connectivity index (χ1) is 12.0. The summed E-state index contributed by atoms with van der Waals surface area (Å²) in [6.45, 7) is 10.5. The molecular formula is C16H26N3O6Si+. The SMILES string of the molecule is C=CCOC(=O)/C([N+]#N)=C(\O)[C@H](CO[Si](C)(C)C)[C@H]1NC(=O)[C@@H]1[C@@H](C)O. The molecule has 0 spiro atoms. The minimum atomic E-state index is -1.99. The van der Waals surface area contributed by atoms with E-state index in [1.807, 2.05) is 19.6 Å². The molecule has 26 heavy (non-hydrogen) atoms. The predicted octanol–water partition coefficient (Wildman–Crippen LogP) is 1.30. The average Bonchev–Trinajstić information content (AvgIpc) is 2.50. The van der Waals surface area contributed by atoms with Crippen molar-refractivity contribution < 1.29 is 29.0 Å². The van der Waals surface area contributed by atoms with Crippen molar-refractivity contribution in [1.29, 1.82) is 5.39 Å². The van der Waals surface area contributed by atoms with E-state index >= 15 is 0 Å². The Kier molecular flexibility index (Phi) is 7.49. The molecule has 0 aromatic rings. The third kappa shape index (κ3) is 5.39. The van der Waals surface area contributed by atoms with Crippen molar-refractivity contribution in [2.45, 2.75) is 38.7 Å². The number of hydrogen-bond acceptors (Lipinski definition) is 7. The molecule has 1 amide bonds. The van der Waals surface area contributed by atoms with Gasteiger partial charge in [-0.3, -0.25) is 4.79 Å². The van der Waals surface area contributed by atoms with Crippen LogP contribution in [0.1, 0.15) is 6.92 Å². The number of aliphatic hydroxyl groups excluding tert-OH is 2. The van der Waals surface area contributed by atoms with Gasteiger partial charge in [-0.25, -0.2) is 4.79 Å². The zero-order chi connectivity index (χ0) is 20.1. The Morgan fingerprint density at radius 2 is 2.12 bits per heavy atom. The Bertz CT molecular complexity index is 635. The predicted molar refractivity (Wildman–Crippen MR) is 95.8 cm³/mol. The lowest BCUT2D eigenvalue weighted by Crippen LogP contribution is -2.65. The summed E-state index contributed by atoms with van der Waals surface area (Å²) in [5.74, 6) is -3.65. The summed E-state index contributed by atoms with van der Waals surface area (Å²) >= 11 is 0. The molecule has 4 atom stereocenters. The van der Waals surface area contributed by atoms with Gasteiger partial charge in [0.15, 0.2) is 13.3 Å². The molecule has 0 aromatic heterocycles. The molecule has 0 radical (unpaired) electrons. The number of hydrogen-bond donors (Lipinski definition) is 3. The first kappa shape index (κ1) is 21.8. The Balaban J connectivity index is 3.19. The number of carbonyl (C=O) groups excluding carboxylic acids is 2. The fourth-order valence-corrected chi connectivity index (χ4v) is 3.23. The minimum absolute atomic E-state index is 0.0243. The maximum atomic E-state index is 12.0. The van der Waals surface area contributed by atoms with Crippen molar-refractivity contribution in [2.75, 3.05) is 13.2 Å². The second-order valence-electron chi connectivity index (χ2n) is 7.05. The topological polar surface area (TPSA) is 133 Å². The maximum absolute atomic E-state index is 12.0. The van der Waals surface area contributed by atoms with Gasteiger partial charge in [-0.05, 0) is 26.6 Å². The molecule has 9 nitrogen and oxygen atoms in total. The number of aliphatic hydroxyl groups is 2. The molecule has 144 valence electrons. The molecule has 0 aromatic carbocycles. The molecule has 0 saturated carbocycles. The van der Waals surface area contributed by atoms with Gasteiger partial charge in [0.1, 0.15) is 6.61 Å². The summed E-state index contributed by atoms with van der Waals surface area (Å²) < 4.78 is 10.6. The fourth-order valence-electron chi connectivity index (χ4n) is 2.55. The lowest BCUT2D eigenvalue weighted by molar-refractivity contribution is -0.143. The molecule has 0 aliphatic carbocycles. The van der Waals surface area contributed by atoms with E-state index in [1.54, 1.807) is 0 Å². The maximum Gasteiger partial charge on any atom is 0.505 e. The quantitative estimate of drug-likeness (QED) is 0.104. The number of esters is 1. The van der Waals surface area contributed by atoms with Crippen LogP contribution < -0.4 is 5.32 Å². The summed E-state index contributed by atoms with van der Waals surface area (Å²) in [7, 11) is -1.99. The molecule has 1 fully saturated rings. The van der Waals surface area contributed by atoms with E-state index in [0.29, 0.717) is 0 Å². The van der Waals surface area contributed by atoms with Crippen LogP contribution >= 0.6 is 0 Å². The highest BCUT2D eigenvalue weighted by Gasteiger charge is 2.50. The number of carbonyl (C=O) groups is 2. The van der Waals surface area contributed by atoms with Crippen LogP contribution in [0.2, 0.25) is 19.6 Å². The first-order valence-corrected chi connectivity index (χ1v) is 11.6. The van der Waals surface area contributed by atoms with Crippen molar-refractivity contribution >= 4 is 20.2 Å². The van der Waals surface area contributed by atoms with Crippen molar-refractivity contribution in [2.24, 2.45) is 11.8 Å². The normalized spacial score (nSPS) is 22.8. The highest BCUT2D eigenvalue weighted by Crippen LogP contribution is 2.31. The van der Waals surface area contributed by atoms with E-state index in [-0.39, 0.29) is 19.1 Å². The van der Waals surface area contributed by atoms with Crippen LogP contribution in [0.15, 0.2) is 24.1 Å². The largest absolute Gasteiger partial charge is 0.505 e. The van der Waals surface area contributed by atoms with Gasteiger partial charge in [0.05, 0.1) is 24.0 Å². The summed E-state index contributed by atoms with van der Waals surface area (Å²) in [4.78, 5) is 26.6. The Morgan fingerprint density at radius 1 is 1.50 bits per heavy atom. The molecule has 10 heteroatoms. The van der Waals surface area contributed by atoms with Gasteiger partial charge in [-0.1, -0.05) is 12.7 Å². The van der Waals surface area contributed by atoms with Crippen molar-refractivity contribution in [3.05, 3.63) is 29.1 Å². The van der Waals surface area contributed by atoms with E-state index in [1.165, 1.54) is 13.0 Å². The number of ether oxygens (including phenoxy) is 1. The Hall–Kier alpha value is -2.22. The van der Waals surface area contributed by atoms with Crippen molar-refractivity contribution in [1.82, 2.24) is 5.32 Å². The van der Waals surface area contributed by atoms with Gasteiger partial charge < -0.3 is 24.7 Å². The lowest BCUT2D eigenvalue weighted by atomic mass is 9.77. The minimum Gasteiger partial charge on any atom is -0.504 e. The van der Waals surface area contributed by atoms with E-state index in [9.17, 15) is 19.8 Å². The third-order valence-corrected chi connectivity index (χ3v) is 4.90. The zero-order valence-electron chi connectivity index (χ0n) is 15.4. The zero-order valence-corrected chi connectivity index (χ0v) is 16.4. The highest BCUT2D eigenvalue weighted by molar-refractivity contribution is 6.69. The number of nitrogens with one attached hydrogen (secondary N) is 1. The van der Waals surface area contributed by atoms with Crippen molar-refractivity contribution in [3.8, 4) is 0 Å². The molecule has 0 unspecified atom stereocenters. The second-order valence-corrected chi connectivity index (χ2v) is 11.6.